The van der Waals surface area contributed by atoms with Crippen molar-refractivity contribution in [2.75, 3.05) is 19.0 Å². The number of hydrogen-bond acceptors (Lipinski definition) is 3. The zero-order valence-electron chi connectivity index (χ0n) is 10.9. The first-order valence-corrected chi connectivity index (χ1v) is 6.87. The summed E-state index contributed by atoms with van der Waals surface area (Å²) in [5.74, 6) is 0.615. The van der Waals surface area contributed by atoms with Gasteiger partial charge in [-0.05, 0) is 24.3 Å². The van der Waals surface area contributed by atoms with E-state index in [0.717, 1.165) is 5.69 Å². The summed E-state index contributed by atoms with van der Waals surface area (Å²) < 4.78 is 5.08. The van der Waals surface area contributed by atoms with Crippen molar-refractivity contribution in [2.45, 2.75) is 6.10 Å². The van der Waals surface area contributed by atoms with E-state index >= 15 is 0 Å². The van der Waals surface area contributed by atoms with E-state index in [1.165, 1.54) is 0 Å². The Morgan fingerprint density at radius 2 is 1.90 bits per heavy atom. The highest BCUT2D eigenvalue weighted by atomic mass is 35.5. The Bertz CT molecular complexity index is 590. The molecule has 0 spiro atoms. The van der Waals surface area contributed by atoms with Crippen molar-refractivity contribution in [1.82, 2.24) is 0 Å². The van der Waals surface area contributed by atoms with Gasteiger partial charge in [0.15, 0.2) is 0 Å². The zero-order valence-corrected chi connectivity index (χ0v) is 12.4. The number of anilines is 1. The van der Waals surface area contributed by atoms with Crippen LogP contribution in [0.5, 0.6) is 5.75 Å². The Kier molecular flexibility index (Phi) is 5.12. The number of nitrogens with one attached hydrogen (secondary N) is 1. The second-order valence-electron chi connectivity index (χ2n) is 4.27. The van der Waals surface area contributed by atoms with Crippen molar-refractivity contribution < 1.29 is 9.84 Å². The molecular weight excluding hydrogens is 297 g/mol. The highest BCUT2D eigenvalue weighted by molar-refractivity contribution is 6.32. The third kappa shape index (κ3) is 3.57. The molecule has 0 aromatic heterocycles. The highest BCUT2D eigenvalue weighted by Crippen LogP contribution is 2.28. The Morgan fingerprint density at radius 3 is 2.55 bits per heavy atom. The molecule has 2 aromatic carbocycles. The summed E-state index contributed by atoms with van der Waals surface area (Å²) in [6.45, 7) is 0.340. The maximum atomic E-state index is 10.1. The lowest BCUT2D eigenvalue weighted by Crippen LogP contribution is -2.12. The van der Waals surface area contributed by atoms with Gasteiger partial charge < -0.3 is 15.2 Å². The van der Waals surface area contributed by atoms with Crippen LogP contribution in [0.3, 0.4) is 0 Å². The number of hydrogen-bond donors (Lipinski definition) is 2. The maximum absolute atomic E-state index is 10.1. The van der Waals surface area contributed by atoms with Gasteiger partial charge in [0, 0.05) is 22.8 Å². The summed E-state index contributed by atoms with van der Waals surface area (Å²) in [4.78, 5) is 0. The SMILES string of the molecule is COc1ccc(NCC(O)c2ccccc2Cl)cc1Cl. The molecule has 1 atom stereocenters. The lowest BCUT2D eigenvalue weighted by Gasteiger charge is -2.15. The van der Waals surface area contributed by atoms with Crippen molar-refractivity contribution in [2.24, 2.45) is 0 Å². The van der Waals surface area contributed by atoms with Gasteiger partial charge in [0.2, 0.25) is 0 Å². The molecule has 2 N–H and O–H groups in total. The van der Waals surface area contributed by atoms with Gasteiger partial charge in [0.05, 0.1) is 18.2 Å². The second-order valence-corrected chi connectivity index (χ2v) is 5.08. The molecule has 0 amide bonds. The Morgan fingerprint density at radius 1 is 1.15 bits per heavy atom. The van der Waals surface area contributed by atoms with Crippen LogP contribution < -0.4 is 10.1 Å². The lowest BCUT2D eigenvalue weighted by molar-refractivity contribution is 0.192. The van der Waals surface area contributed by atoms with Gasteiger partial charge in [0.1, 0.15) is 5.75 Å². The highest BCUT2D eigenvalue weighted by Gasteiger charge is 2.11. The van der Waals surface area contributed by atoms with Crippen LogP contribution in [0.2, 0.25) is 10.0 Å². The van der Waals surface area contributed by atoms with E-state index in [1.807, 2.05) is 18.2 Å². The van der Waals surface area contributed by atoms with Crippen molar-refractivity contribution in [3.05, 3.63) is 58.1 Å². The molecule has 0 aliphatic heterocycles. The summed E-state index contributed by atoms with van der Waals surface area (Å²) in [6.07, 6.45) is -0.690. The van der Waals surface area contributed by atoms with Gasteiger partial charge in [0.25, 0.3) is 0 Å². The molecule has 0 bridgehead atoms. The van der Waals surface area contributed by atoms with Crippen molar-refractivity contribution in [3.8, 4) is 5.75 Å². The number of methoxy groups -OCH3 is 1. The van der Waals surface area contributed by atoms with Crippen molar-refractivity contribution in [1.29, 1.82) is 0 Å². The number of benzene rings is 2. The number of aliphatic hydroxyl groups excluding tert-OH is 1. The summed E-state index contributed by atoms with van der Waals surface area (Å²) in [5, 5.41) is 14.3. The molecular formula is C15H15Cl2NO2. The Labute approximate surface area is 128 Å². The van der Waals surface area contributed by atoms with Gasteiger partial charge in [-0.15, -0.1) is 0 Å². The minimum absolute atomic E-state index is 0.340. The summed E-state index contributed by atoms with van der Waals surface area (Å²) >= 11 is 12.1. The van der Waals surface area contributed by atoms with Crippen LogP contribution >= 0.6 is 23.2 Å². The van der Waals surface area contributed by atoms with Crippen LogP contribution in [0, 0.1) is 0 Å². The third-order valence-corrected chi connectivity index (χ3v) is 3.56. The number of ether oxygens (including phenoxy) is 1. The van der Waals surface area contributed by atoms with E-state index in [2.05, 4.69) is 5.32 Å². The second kappa shape index (κ2) is 6.84. The van der Waals surface area contributed by atoms with Crippen molar-refractivity contribution in [3.63, 3.8) is 0 Å². The van der Waals surface area contributed by atoms with E-state index in [4.69, 9.17) is 27.9 Å². The van der Waals surface area contributed by atoms with Gasteiger partial charge in [-0.25, -0.2) is 0 Å². The van der Waals surface area contributed by atoms with E-state index in [9.17, 15) is 5.11 Å². The van der Waals surface area contributed by atoms with E-state index in [0.29, 0.717) is 27.9 Å². The molecule has 2 rings (SSSR count). The minimum Gasteiger partial charge on any atom is -0.495 e. The smallest absolute Gasteiger partial charge is 0.137 e. The molecule has 3 nitrogen and oxygen atoms in total. The average Bonchev–Trinajstić information content (AvgIpc) is 2.45. The summed E-state index contributed by atoms with van der Waals surface area (Å²) in [7, 11) is 1.56. The van der Waals surface area contributed by atoms with Crippen LogP contribution in [0.15, 0.2) is 42.5 Å². The first-order chi connectivity index (χ1) is 9.61. The monoisotopic (exact) mass is 311 g/mol. The third-order valence-electron chi connectivity index (χ3n) is 2.92. The van der Waals surface area contributed by atoms with Gasteiger partial charge >= 0.3 is 0 Å². The minimum atomic E-state index is -0.690. The molecule has 106 valence electrons. The summed E-state index contributed by atoms with van der Waals surface area (Å²) in [5.41, 5.74) is 1.50. The van der Waals surface area contributed by atoms with Gasteiger partial charge in [-0.1, -0.05) is 41.4 Å². The molecule has 0 saturated heterocycles. The molecule has 5 heteroatoms. The number of rotatable bonds is 5. The molecule has 0 aliphatic carbocycles. The molecule has 0 saturated carbocycles. The molecule has 0 radical (unpaired) electrons. The van der Waals surface area contributed by atoms with Crippen molar-refractivity contribution >= 4 is 28.9 Å². The first-order valence-electron chi connectivity index (χ1n) is 6.11. The largest absolute Gasteiger partial charge is 0.495 e. The molecule has 0 heterocycles. The maximum Gasteiger partial charge on any atom is 0.137 e. The van der Waals surface area contributed by atoms with E-state index < -0.39 is 6.10 Å². The molecule has 0 aliphatic rings. The predicted octanol–water partition coefficient (Wildman–Crippen LogP) is 4.15. The molecule has 2 aromatic rings. The first kappa shape index (κ1) is 15.0. The topological polar surface area (TPSA) is 41.5 Å². The zero-order chi connectivity index (χ0) is 14.5. The quantitative estimate of drug-likeness (QED) is 0.871. The van der Waals surface area contributed by atoms with Crippen LogP contribution in [-0.2, 0) is 0 Å². The van der Waals surface area contributed by atoms with E-state index in [1.54, 1.807) is 31.4 Å². The van der Waals surface area contributed by atoms with Crippen LogP contribution in [0.1, 0.15) is 11.7 Å². The molecule has 1 unspecified atom stereocenters. The fourth-order valence-electron chi connectivity index (χ4n) is 1.85. The predicted molar refractivity (Wildman–Crippen MR) is 82.9 cm³/mol. The molecule has 0 fully saturated rings. The van der Waals surface area contributed by atoms with E-state index in [-0.39, 0.29) is 0 Å². The Balaban J connectivity index is 2.02. The fraction of sp³-hybridized carbons (Fsp3) is 0.200. The molecule has 20 heavy (non-hydrogen) atoms. The summed E-state index contributed by atoms with van der Waals surface area (Å²) in [6, 6.07) is 12.6. The average molecular weight is 312 g/mol. The number of halogens is 2. The Hall–Kier alpha value is -1.42. The number of aliphatic hydroxyl groups is 1. The van der Waals surface area contributed by atoms with Gasteiger partial charge in [-0.3, -0.25) is 0 Å². The van der Waals surface area contributed by atoms with Crippen LogP contribution in [0.25, 0.3) is 0 Å². The van der Waals surface area contributed by atoms with Crippen LogP contribution in [0.4, 0.5) is 5.69 Å². The fourth-order valence-corrected chi connectivity index (χ4v) is 2.37. The standard InChI is InChI=1S/C15H15Cl2NO2/c1-20-15-7-6-10(8-13(15)17)18-9-14(19)11-4-2-3-5-12(11)16/h2-8,14,18-19H,9H2,1H3. The van der Waals surface area contributed by atoms with Crippen LogP contribution in [-0.4, -0.2) is 18.8 Å². The normalized spacial score (nSPS) is 12.0. The van der Waals surface area contributed by atoms with Gasteiger partial charge in [-0.2, -0.15) is 0 Å². The lowest BCUT2D eigenvalue weighted by atomic mass is 10.1.